The second-order valence-electron chi connectivity index (χ2n) is 3.66. The fourth-order valence-electron chi connectivity index (χ4n) is 1.47. The van der Waals surface area contributed by atoms with Crippen LogP contribution in [0.15, 0.2) is 30.5 Å². The van der Waals surface area contributed by atoms with Crippen molar-refractivity contribution in [3.05, 3.63) is 30.5 Å². The number of para-hydroxylation sites is 1. The van der Waals surface area contributed by atoms with Crippen molar-refractivity contribution in [1.82, 2.24) is 15.3 Å². The minimum Gasteiger partial charge on any atom is -0.355 e. The zero-order chi connectivity index (χ0) is 12.1. The summed E-state index contributed by atoms with van der Waals surface area (Å²) in [4.78, 5) is 19.2. The van der Waals surface area contributed by atoms with Gasteiger partial charge in [0.1, 0.15) is 0 Å². The third-order valence-electron chi connectivity index (χ3n) is 2.27. The average molecular weight is 230 g/mol. The monoisotopic (exact) mass is 230 g/mol. The van der Waals surface area contributed by atoms with E-state index >= 15 is 0 Å². The van der Waals surface area contributed by atoms with Crippen LogP contribution in [0, 0.1) is 0 Å². The van der Waals surface area contributed by atoms with Gasteiger partial charge in [0.2, 0.25) is 11.9 Å². The van der Waals surface area contributed by atoms with Crippen LogP contribution in [-0.2, 0) is 4.79 Å². The number of amides is 1. The smallest absolute Gasteiger partial charge is 0.223 e. The van der Waals surface area contributed by atoms with E-state index in [2.05, 4.69) is 20.6 Å². The first-order valence-corrected chi connectivity index (χ1v) is 5.46. The SMILES string of the molecule is CC(=O)NCCNc1ncc2ccccc2n1. The lowest BCUT2D eigenvalue weighted by atomic mass is 10.2. The van der Waals surface area contributed by atoms with E-state index in [0.29, 0.717) is 19.0 Å². The molecule has 17 heavy (non-hydrogen) atoms. The fraction of sp³-hybridized carbons (Fsp3) is 0.250. The molecule has 1 amide bonds. The highest BCUT2D eigenvalue weighted by atomic mass is 16.1. The summed E-state index contributed by atoms with van der Waals surface area (Å²) in [5.41, 5.74) is 0.907. The molecule has 1 aromatic heterocycles. The number of aromatic nitrogens is 2. The number of rotatable bonds is 4. The van der Waals surface area contributed by atoms with Gasteiger partial charge in [-0.1, -0.05) is 18.2 Å². The van der Waals surface area contributed by atoms with E-state index in [-0.39, 0.29) is 5.91 Å². The summed E-state index contributed by atoms with van der Waals surface area (Å²) in [7, 11) is 0. The predicted molar refractivity (Wildman–Crippen MR) is 66.7 cm³/mol. The third kappa shape index (κ3) is 3.14. The number of hydrogen-bond donors (Lipinski definition) is 2. The van der Waals surface area contributed by atoms with Crippen LogP contribution in [0.5, 0.6) is 0 Å². The topological polar surface area (TPSA) is 66.9 Å². The van der Waals surface area contributed by atoms with Gasteiger partial charge in [0, 0.05) is 31.6 Å². The van der Waals surface area contributed by atoms with E-state index in [1.54, 1.807) is 6.20 Å². The van der Waals surface area contributed by atoms with Crippen LogP contribution in [0.25, 0.3) is 10.9 Å². The van der Waals surface area contributed by atoms with E-state index in [9.17, 15) is 4.79 Å². The number of carbonyl (C=O) groups is 1. The number of fused-ring (bicyclic) bond motifs is 1. The molecular weight excluding hydrogens is 216 g/mol. The second kappa shape index (κ2) is 5.25. The van der Waals surface area contributed by atoms with Gasteiger partial charge >= 0.3 is 0 Å². The standard InChI is InChI=1S/C12H14N4O/c1-9(17)13-6-7-14-12-15-8-10-4-2-3-5-11(10)16-12/h2-5,8H,6-7H2,1H3,(H,13,17)(H,14,15,16). The lowest BCUT2D eigenvalue weighted by Gasteiger charge is -2.05. The van der Waals surface area contributed by atoms with Gasteiger partial charge in [-0.05, 0) is 6.07 Å². The molecule has 5 nitrogen and oxygen atoms in total. The molecular formula is C12H14N4O. The molecule has 0 fully saturated rings. The van der Waals surface area contributed by atoms with Crippen LogP contribution in [0.2, 0.25) is 0 Å². The molecule has 5 heteroatoms. The van der Waals surface area contributed by atoms with Crippen molar-refractivity contribution < 1.29 is 4.79 Å². The summed E-state index contributed by atoms with van der Waals surface area (Å²) in [5, 5.41) is 6.76. The van der Waals surface area contributed by atoms with Crippen LogP contribution >= 0.6 is 0 Å². The Morgan fingerprint density at radius 1 is 1.29 bits per heavy atom. The second-order valence-corrected chi connectivity index (χ2v) is 3.66. The first kappa shape index (κ1) is 11.3. The van der Waals surface area contributed by atoms with Gasteiger partial charge in [0.15, 0.2) is 0 Å². The molecule has 0 unspecified atom stereocenters. The van der Waals surface area contributed by atoms with Crippen LogP contribution < -0.4 is 10.6 Å². The molecule has 1 aromatic carbocycles. The highest BCUT2D eigenvalue weighted by Crippen LogP contribution is 2.11. The van der Waals surface area contributed by atoms with Crippen LogP contribution in [0.4, 0.5) is 5.95 Å². The molecule has 0 saturated carbocycles. The van der Waals surface area contributed by atoms with E-state index in [1.165, 1.54) is 6.92 Å². The molecule has 0 atom stereocenters. The Labute approximate surface area is 99.3 Å². The van der Waals surface area contributed by atoms with Gasteiger partial charge in [-0.25, -0.2) is 9.97 Å². The lowest BCUT2D eigenvalue weighted by Crippen LogP contribution is -2.26. The van der Waals surface area contributed by atoms with Gasteiger partial charge in [-0.3, -0.25) is 4.79 Å². The minimum absolute atomic E-state index is 0.0359. The average Bonchev–Trinajstić information content (AvgIpc) is 2.34. The first-order valence-electron chi connectivity index (χ1n) is 5.46. The number of nitrogens with zero attached hydrogens (tertiary/aromatic N) is 2. The summed E-state index contributed by atoms with van der Waals surface area (Å²) < 4.78 is 0. The maximum atomic E-state index is 10.7. The molecule has 0 spiro atoms. The number of benzene rings is 1. The van der Waals surface area contributed by atoms with Crippen molar-refractivity contribution in [3.63, 3.8) is 0 Å². The Balaban J connectivity index is 1.97. The normalized spacial score (nSPS) is 10.2. The molecule has 88 valence electrons. The summed E-state index contributed by atoms with van der Waals surface area (Å²) in [6.07, 6.45) is 1.78. The number of carbonyl (C=O) groups excluding carboxylic acids is 1. The molecule has 2 rings (SSSR count). The minimum atomic E-state index is -0.0359. The van der Waals surface area contributed by atoms with Crippen LogP contribution in [-0.4, -0.2) is 29.0 Å². The van der Waals surface area contributed by atoms with E-state index in [1.807, 2.05) is 24.3 Å². The molecule has 0 radical (unpaired) electrons. The largest absolute Gasteiger partial charge is 0.355 e. The first-order chi connectivity index (χ1) is 8.25. The van der Waals surface area contributed by atoms with Gasteiger partial charge in [-0.2, -0.15) is 0 Å². The zero-order valence-electron chi connectivity index (χ0n) is 9.60. The van der Waals surface area contributed by atoms with Gasteiger partial charge in [-0.15, -0.1) is 0 Å². The fourth-order valence-corrected chi connectivity index (χ4v) is 1.47. The molecule has 0 saturated heterocycles. The van der Waals surface area contributed by atoms with Crippen molar-refractivity contribution in [3.8, 4) is 0 Å². The van der Waals surface area contributed by atoms with E-state index < -0.39 is 0 Å². The summed E-state index contributed by atoms with van der Waals surface area (Å²) in [6, 6.07) is 7.80. The van der Waals surface area contributed by atoms with Crippen LogP contribution in [0.3, 0.4) is 0 Å². The van der Waals surface area contributed by atoms with Crippen molar-refractivity contribution in [2.75, 3.05) is 18.4 Å². The zero-order valence-corrected chi connectivity index (χ0v) is 9.60. The number of hydrogen-bond acceptors (Lipinski definition) is 4. The Hall–Kier alpha value is -2.17. The van der Waals surface area contributed by atoms with Crippen molar-refractivity contribution >= 4 is 22.8 Å². The summed E-state index contributed by atoms with van der Waals surface area (Å²) in [5.74, 6) is 0.542. The number of anilines is 1. The molecule has 0 bridgehead atoms. The van der Waals surface area contributed by atoms with Gasteiger partial charge in [0.25, 0.3) is 0 Å². The van der Waals surface area contributed by atoms with E-state index in [0.717, 1.165) is 10.9 Å². The third-order valence-corrected chi connectivity index (χ3v) is 2.27. The number of nitrogens with one attached hydrogen (secondary N) is 2. The Bertz CT molecular complexity index is 527. The molecule has 2 N–H and O–H groups in total. The molecule has 2 aromatic rings. The van der Waals surface area contributed by atoms with Crippen molar-refractivity contribution in [2.24, 2.45) is 0 Å². The highest BCUT2D eigenvalue weighted by Gasteiger charge is 1.98. The Morgan fingerprint density at radius 3 is 2.94 bits per heavy atom. The lowest BCUT2D eigenvalue weighted by molar-refractivity contribution is -0.118. The Morgan fingerprint density at radius 2 is 2.12 bits per heavy atom. The maximum absolute atomic E-state index is 10.7. The van der Waals surface area contributed by atoms with Gasteiger partial charge < -0.3 is 10.6 Å². The van der Waals surface area contributed by atoms with Crippen LogP contribution in [0.1, 0.15) is 6.92 Å². The summed E-state index contributed by atoms with van der Waals surface area (Å²) >= 11 is 0. The van der Waals surface area contributed by atoms with Gasteiger partial charge in [0.05, 0.1) is 5.52 Å². The predicted octanol–water partition coefficient (Wildman–Crippen LogP) is 1.18. The molecule has 1 heterocycles. The van der Waals surface area contributed by atoms with Crippen molar-refractivity contribution in [1.29, 1.82) is 0 Å². The molecule has 0 aliphatic rings. The molecule has 0 aliphatic heterocycles. The quantitative estimate of drug-likeness (QED) is 0.774. The van der Waals surface area contributed by atoms with E-state index in [4.69, 9.17) is 0 Å². The molecule has 0 aliphatic carbocycles. The highest BCUT2D eigenvalue weighted by molar-refractivity contribution is 5.78. The van der Waals surface area contributed by atoms with Crippen molar-refractivity contribution in [2.45, 2.75) is 6.92 Å². The maximum Gasteiger partial charge on any atom is 0.223 e. The Kier molecular flexibility index (Phi) is 3.49. The summed E-state index contributed by atoms with van der Waals surface area (Å²) in [6.45, 7) is 2.66.